The maximum atomic E-state index is 5.49. The van der Waals surface area contributed by atoms with Gasteiger partial charge in [0.1, 0.15) is 0 Å². The van der Waals surface area contributed by atoms with Gasteiger partial charge in [0, 0.05) is 17.6 Å². The van der Waals surface area contributed by atoms with Crippen molar-refractivity contribution in [2.45, 2.75) is 39.8 Å². The molecule has 0 amide bonds. The minimum Gasteiger partial charge on any atom is -0.493 e. The van der Waals surface area contributed by atoms with Crippen molar-refractivity contribution in [1.82, 2.24) is 10.6 Å². The van der Waals surface area contributed by atoms with E-state index in [9.17, 15) is 0 Å². The fourth-order valence-electron chi connectivity index (χ4n) is 2.11. The highest BCUT2D eigenvalue weighted by molar-refractivity contribution is 14.0. The lowest BCUT2D eigenvalue weighted by molar-refractivity contribution is 0.322. The first-order valence-corrected chi connectivity index (χ1v) is 7.70. The van der Waals surface area contributed by atoms with E-state index in [1.54, 1.807) is 21.3 Å². The van der Waals surface area contributed by atoms with Crippen molar-refractivity contribution in [3.63, 3.8) is 0 Å². The van der Waals surface area contributed by atoms with Gasteiger partial charge < -0.3 is 24.8 Å². The second kappa shape index (κ2) is 10.5. The summed E-state index contributed by atoms with van der Waals surface area (Å²) in [6.07, 6.45) is 0. The number of nitrogens with zero attached hydrogens (tertiary/aromatic N) is 1. The van der Waals surface area contributed by atoms with Crippen LogP contribution in [0.3, 0.4) is 0 Å². The van der Waals surface area contributed by atoms with E-state index in [4.69, 9.17) is 14.2 Å². The van der Waals surface area contributed by atoms with Gasteiger partial charge in [-0.05, 0) is 39.8 Å². The molecule has 0 heterocycles. The van der Waals surface area contributed by atoms with Gasteiger partial charge in [-0.3, -0.25) is 0 Å². The lowest BCUT2D eigenvalue weighted by atomic mass is 10.1. The second-order valence-electron chi connectivity index (χ2n) is 6.06. The SMILES string of the molecule is CCNC(=NCc1ccc(OC)c(OC)c1OC)NC(C)(C)C.I. The highest BCUT2D eigenvalue weighted by Gasteiger charge is 2.16. The summed E-state index contributed by atoms with van der Waals surface area (Å²) in [4.78, 5) is 4.63. The molecule has 24 heavy (non-hydrogen) atoms. The van der Waals surface area contributed by atoms with E-state index in [0.29, 0.717) is 23.8 Å². The third-order valence-electron chi connectivity index (χ3n) is 3.03. The Hall–Kier alpha value is -1.38. The van der Waals surface area contributed by atoms with E-state index in [0.717, 1.165) is 18.1 Å². The molecule has 0 unspecified atom stereocenters. The molecule has 1 aromatic rings. The Morgan fingerprint density at radius 2 is 1.67 bits per heavy atom. The maximum Gasteiger partial charge on any atom is 0.203 e. The number of nitrogens with one attached hydrogen (secondary N) is 2. The van der Waals surface area contributed by atoms with Crippen LogP contribution in [0.2, 0.25) is 0 Å². The van der Waals surface area contributed by atoms with E-state index in [1.807, 2.05) is 19.1 Å². The normalized spacial score (nSPS) is 11.4. The van der Waals surface area contributed by atoms with E-state index in [2.05, 4.69) is 36.4 Å². The molecule has 0 saturated carbocycles. The molecule has 0 saturated heterocycles. The summed E-state index contributed by atoms with van der Waals surface area (Å²) in [6.45, 7) is 9.58. The highest BCUT2D eigenvalue weighted by atomic mass is 127. The van der Waals surface area contributed by atoms with Gasteiger partial charge in [-0.25, -0.2) is 4.99 Å². The van der Waals surface area contributed by atoms with Gasteiger partial charge in [-0.2, -0.15) is 0 Å². The molecule has 1 rings (SSSR count). The van der Waals surface area contributed by atoms with Crippen molar-refractivity contribution >= 4 is 29.9 Å². The number of hydrogen-bond donors (Lipinski definition) is 2. The molecule has 0 bridgehead atoms. The third kappa shape index (κ3) is 6.62. The molecule has 0 radical (unpaired) electrons. The lowest BCUT2D eigenvalue weighted by Gasteiger charge is -2.24. The number of hydrogen-bond acceptors (Lipinski definition) is 4. The van der Waals surface area contributed by atoms with Crippen molar-refractivity contribution in [3.8, 4) is 17.2 Å². The summed E-state index contributed by atoms with van der Waals surface area (Å²) in [5, 5.41) is 6.60. The zero-order valence-electron chi connectivity index (χ0n) is 15.6. The monoisotopic (exact) mass is 451 g/mol. The van der Waals surface area contributed by atoms with Gasteiger partial charge in [-0.15, -0.1) is 24.0 Å². The number of methoxy groups -OCH3 is 3. The van der Waals surface area contributed by atoms with Crippen LogP contribution in [-0.2, 0) is 6.54 Å². The molecule has 2 N–H and O–H groups in total. The largest absolute Gasteiger partial charge is 0.493 e. The molecule has 138 valence electrons. The molecular weight excluding hydrogens is 421 g/mol. The molecule has 0 aliphatic carbocycles. The Kier molecular flexibility index (Phi) is 9.88. The minimum absolute atomic E-state index is 0. The van der Waals surface area contributed by atoms with Crippen LogP contribution in [0, 0.1) is 0 Å². The van der Waals surface area contributed by atoms with E-state index in [1.165, 1.54) is 0 Å². The zero-order valence-corrected chi connectivity index (χ0v) is 18.0. The van der Waals surface area contributed by atoms with Gasteiger partial charge in [0.05, 0.1) is 27.9 Å². The van der Waals surface area contributed by atoms with Crippen molar-refractivity contribution in [1.29, 1.82) is 0 Å². The van der Waals surface area contributed by atoms with E-state index < -0.39 is 0 Å². The van der Waals surface area contributed by atoms with Crippen LogP contribution in [0.25, 0.3) is 0 Å². The number of halogens is 1. The first-order valence-electron chi connectivity index (χ1n) is 7.70. The van der Waals surface area contributed by atoms with Crippen LogP contribution in [0.1, 0.15) is 33.3 Å². The van der Waals surface area contributed by atoms with Crippen molar-refractivity contribution in [2.24, 2.45) is 4.99 Å². The standard InChI is InChI=1S/C17H29N3O3.HI/c1-8-18-16(20-17(2,3)4)19-11-12-9-10-13(21-5)15(23-7)14(12)22-6;/h9-10H,8,11H2,1-7H3,(H2,18,19,20);1H. The van der Waals surface area contributed by atoms with Gasteiger partial charge in [0.2, 0.25) is 5.75 Å². The molecule has 0 aliphatic rings. The summed E-state index contributed by atoms with van der Waals surface area (Å²) in [5.41, 5.74) is 0.860. The topological polar surface area (TPSA) is 64.1 Å². The van der Waals surface area contributed by atoms with Crippen LogP contribution in [0.15, 0.2) is 17.1 Å². The molecule has 1 aromatic carbocycles. The molecule has 0 aromatic heterocycles. The van der Waals surface area contributed by atoms with Gasteiger partial charge in [0.15, 0.2) is 17.5 Å². The summed E-state index contributed by atoms with van der Waals surface area (Å²) in [7, 11) is 4.81. The Morgan fingerprint density at radius 1 is 1.04 bits per heavy atom. The predicted octanol–water partition coefficient (Wildman–Crippen LogP) is 3.18. The number of benzene rings is 1. The molecular formula is C17H30IN3O3. The molecule has 0 aliphatic heterocycles. The van der Waals surface area contributed by atoms with Crippen LogP contribution < -0.4 is 24.8 Å². The second-order valence-corrected chi connectivity index (χ2v) is 6.06. The highest BCUT2D eigenvalue weighted by Crippen LogP contribution is 2.39. The summed E-state index contributed by atoms with van der Waals surface area (Å²) < 4.78 is 16.2. The number of rotatable bonds is 6. The molecule has 7 heteroatoms. The van der Waals surface area contributed by atoms with Gasteiger partial charge >= 0.3 is 0 Å². The van der Waals surface area contributed by atoms with Crippen molar-refractivity contribution < 1.29 is 14.2 Å². The summed E-state index contributed by atoms with van der Waals surface area (Å²) >= 11 is 0. The third-order valence-corrected chi connectivity index (χ3v) is 3.03. The fourth-order valence-corrected chi connectivity index (χ4v) is 2.11. The van der Waals surface area contributed by atoms with Crippen LogP contribution in [-0.4, -0.2) is 39.4 Å². The quantitative estimate of drug-likeness (QED) is 0.395. The van der Waals surface area contributed by atoms with Crippen LogP contribution >= 0.6 is 24.0 Å². The van der Waals surface area contributed by atoms with E-state index in [-0.39, 0.29) is 29.5 Å². The molecule has 0 atom stereocenters. The average Bonchev–Trinajstić information content (AvgIpc) is 2.50. The average molecular weight is 451 g/mol. The van der Waals surface area contributed by atoms with E-state index >= 15 is 0 Å². The van der Waals surface area contributed by atoms with Crippen molar-refractivity contribution in [3.05, 3.63) is 17.7 Å². The Labute approximate surface area is 162 Å². The lowest BCUT2D eigenvalue weighted by Crippen LogP contribution is -2.47. The summed E-state index contributed by atoms with van der Waals surface area (Å²) in [6, 6.07) is 3.79. The zero-order chi connectivity index (χ0) is 17.5. The first kappa shape index (κ1) is 22.6. The number of ether oxygens (including phenoxy) is 3. The number of guanidine groups is 1. The summed E-state index contributed by atoms with van der Waals surface area (Å²) in [5.74, 6) is 2.62. The molecule has 0 spiro atoms. The van der Waals surface area contributed by atoms with Gasteiger partial charge in [-0.1, -0.05) is 0 Å². The predicted molar refractivity (Wildman–Crippen MR) is 109 cm³/mol. The molecule has 6 nitrogen and oxygen atoms in total. The minimum atomic E-state index is -0.0668. The smallest absolute Gasteiger partial charge is 0.203 e. The number of aliphatic imine (C=N–C) groups is 1. The maximum absolute atomic E-state index is 5.49. The van der Waals surface area contributed by atoms with Crippen LogP contribution in [0.5, 0.6) is 17.2 Å². The Morgan fingerprint density at radius 3 is 2.12 bits per heavy atom. The van der Waals surface area contributed by atoms with Crippen molar-refractivity contribution in [2.75, 3.05) is 27.9 Å². The first-order chi connectivity index (χ1) is 10.9. The van der Waals surface area contributed by atoms with Crippen LogP contribution in [0.4, 0.5) is 0 Å². The Bertz CT molecular complexity index is 543. The fraction of sp³-hybridized carbons (Fsp3) is 0.588. The molecule has 0 fully saturated rings. The Balaban J connectivity index is 0.00000529. The van der Waals surface area contributed by atoms with Gasteiger partial charge in [0.25, 0.3) is 0 Å².